The van der Waals surface area contributed by atoms with Gasteiger partial charge in [-0.25, -0.2) is 0 Å². The number of hydrogen-bond acceptors (Lipinski definition) is 1. The van der Waals surface area contributed by atoms with E-state index in [4.69, 9.17) is 0 Å². The fourth-order valence-corrected chi connectivity index (χ4v) is 7.92. The lowest BCUT2D eigenvalue weighted by Crippen LogP contribution is -2.08. The smallest absolute Gasteiger partial charge is 0.0547 e. The lowest BCUT2D eigenvalue weighted by atomic mass is 9.98. The second-order valence-electron chi connectivity index (χ2n) is 15.9. The molecule has 1 heterocycles. The summed E-state index contributed by atoms with van der Waals surface area (Å²) in [5.74, 6) is 0. The molecule has 344 valence electrons. The molecule has 10 rings (SSSR count). The Bertz CT molecular complexity index is 3080. The quantitative estimate of drug-likeness (QED) is 0.145. The Kier molecular flexibility index (Phi) is 20.0. The Labute approximate surface area is 408 Å². The molecule has 68 heavy (non-hydrogen) atoms. The molecular formula is C66H70N2. The van der Waals surface area contributed by atoms with Gasteiger partial charge in [-0.2, -0.15) is 0 Å². The largest absolute Gasteiger partial charge is 0.345 e. The fourth-order valence-electron chi connectivity index (χ4n) is 7.92. The molecule has 0 amide bonds. The van der Waals surface area contributed by atoms with E-state index < -0.39 is 0 Å². The molecule has 0 radical (unpaired) electrons. The summed E-state index contributed by atoms with van der Waals surface area (Å²) in [4.78, 5) is 2.21. The zero-order valence-corrected chi connectivity index (χ0v) is 42.0. The summed E-state index contributed by atoms with van der Waals surface area (Å²) in [5, 5.41) is 5.01. The van der Waals surface area contributed by atoms with Crippen LogP contribution in [0.25, 0.3) is 71.6 Å². The molecule has 0 spiro atoms. The highest BCUT2D eigenvalue weighted by Crippen LogP contribution is 2.38. The number of hydrogen-bond donors (Lipinski definition) is 0. The summed E-state index contributed by atoms with van der Waals surface area (Å²) in [5.41, 5.74) is 15.8. The van der Waals surface area contributed by atoms with E-state index in [1.54, 1.807) is 6.08 Å². The van der Waals surface area contributed by atoms with Crippen molar-refractivity contribution < 1.29 is 0 Å². The summed E-state index contributed by atoms with van der Waals surface area (Å²) in [6, 6.07) is 78.3. The molecule has 0 saturated heterocycles. The molecule has 0 saturated carbocycles. The van der Waals surface area contributed by atoms with E-state index in [0.717, 1.165) is 5.69 Å². The number of benzene rings is 9. The Morgan fingerprint density at radius 1 is 0.412 bits per heavy atom. The molecule has 0 N–H and O–H groups in total. The summed E-state index contributed by atoms with van der Waals surface area (Å²) >= 11 is 0. The van der Waals surface area contributed by atoms with Crippen molar-refractivity contribution in [2.75, 3.05) is 11.9 Å². The molecule has 0 unspecified atom stereocenters. The Hall–Kier alpha value is -7.68. The average molecular weight is 891 g/mol. The minimum Gasteiger partial charge on any atom is -0.345 e. The van der Waals surface area contributed by atoms with E-state index in [1.165, 1.54) is 88.5 Å². The van der Waals surface area contributed by atoms with E-state index >= 15 is 0 Å². The molecule has 0 bridgehead atoms. The fraction of sp³-hybridized carbons (Fsp3) is 0.152. The predicted octanol–water partition coefficient (Wildman–Crippen LogP) is 19.9. The number of aromatic nitrogens is 1. The van der Waals surface area contributed by atoms with Gasteiger partial charge in [-0.1, -0.05) is 229 Å². The van der Waals surface area contributed by atoms with Gasteiger partial charge in [0.25, 0.3) is 0 Å². The van der Waals surface area contributed by atoms with Gasteiger partial charge in [0.05, 0.1) is 11.0 Å². The number of fused-ring (bicyclic) bond motifs is 4. The second kappa shape index (κ2) is 26.5. The van der Waals surface area contributed by atoms with E-state index in [1.807, 2.05) is 85.7 Å². The van der Waals surface area contributed by atoms with Crippen LogP contribution in [-0.4, -0.2) is 11.6 Å². The monoisotopic (exact) mass is 891 g/mol. The van der Waals surface area contributed by atoms with Crippen LogP contribution < -0.4 is 4.90 Å². The average Bonchev–Trinajstić information content (AvgIpc) is 3.73. The standard InChI is InChI=1S/C47H34N2.C7H8.C6H10.3C2H6/c1-48(41-16-6-3-7-17-41)42-26-23-35(24-27-42)34-19-21-36(22-20-34)40-25-28-46-44(31-40)45-30-38-13-8-9-14-39(38)32-47(45)49(46)43-18-10-15-37(29-43)33-11-4-2-5-12-33;1-7-5-3-2-4-6-7;1-4-5-6(2)3;3*1-2/h2-32H,1H3;2-6H,1H3;4-5H,1H2,2-3H3;3*1-2H3. The van der Waals surface area contributed by atoms with Crippen molar-refractivity contribution >= 4 is 44.0 Å². The highest BCUT2D eigenvalue weighted by Gasteiger charge is 2.15. The first-order valence-corrected chi connectivity index (χ1v) is 24.3. The van der Waals surface area contributed by atoms with Crippen LogP contribution in [-0.2, 0) is 0 Å². The molecule has 0 fully saturated rings. The highest BCUT2D eigenvalue weighted by atomic mass is 15.1. The van der Waals surface area contributed by atoms with Crippen LogP contribution in [0.5, 0.6) is 0 Å². The number of allylic oxidation sites excluding steroid dienone is 3. The number of aryl methyl sites for hydroxylation is 1. The van der Waals surface area contributed by atoms with Gasteiger partial charge >= 0.3 is 0 Å². The Balaban J connectivity index is 0.000000389. The van der Waals surface area contributed by atoms with Crippen LogP contribution in [0, 0.1) is 6.92 Å². The van der Waals surface area contributed by atoms with Crippen molar-refractivity contribution in [2.24, 2.45) is 0 Å². The van der Waals surface area contributed by atoms with Gasteiger partial charge in [0.1, 0.15) is 0 Å². The Morgan fingerprint density at radius 3 is 1.37 bits per heavy atom. The topological polar surface area (TPSA) is 8.17 Å². The number of nitrogens with zero attached hydrogens (tertiary/aromatic N) is 2. The number of anilines is 2. The van der Waals surface area contributed by atoms with Crippen molar-refractivity contribution in [1.29, 1.82) is 0 Å². The van der Waals surface area contributed by atoms with E-state index in [9.17, 15) is 0 Å². The third-order valence-electron chi connectivity index (χ3n) is 11.2. The van der Waals surface area contributed by atoms with Crippen LogP contribution in [0.15, 0.2) is 243 Å². The molecule has 2 heteroatoms. The molecular weight excluding hydrogens is 821 g/mol. The van der Waals surface area contributed by atoms with E-state index in [2.05, 4.69) is 224 Å². The lowest BCUT2D eigenvalue weighted by Gasteiger charge is -2.19. The zero-order chi connectivity index (χ0) is 48.8. The highest BCUT2D eigenvalue weighted by molar-refractivity contribution is 6.14. The third-order valence-corrected chi connectivity index (χ3v) is 11.2. The number of rotatable bonds is 7. The van der Waals surface area contributed by atoms with Gasteiger partial charge in [-0.3, -0.25) is 0 Å². The van der Waals surface area contributed by atoms with Crippen molar-refractivity contribution in [3.8, 4) is 39.1 Å². The molecule has 0 aliphatic heterocycles. The molecule has 0 aliphatic carbocycles. The summed E-state index contributed by atoms with van der Waals surface area (Å²) < 4.78 is 2.43. The molecule has 2 nitrogen and oxygen atoms in total. The van der Waals surface area contributed by atoms with Gasteiger partial charge in [0, 0.05) is 34.9 Å². The first-order chi connectivity index (χ1) is 33.4. The van der Waals surface area contributed by atoms with Gasteiger partial charge < -0.3 is 9.47 Å². The SMILES string of the molecule is C=CC=C(C)C.CC.CC.CC.CN(c1ccccc1)c1ccc(-c2ccc(-c3ccc4c(c3)c3cc5ccccc5cc3n4-c3cccc(-c4ccccc4)c3)cc2)cc1.Cc1ccccc1. The second-order valence-corrected chi connectivity index (χ2v) is 15.9. The van der Waals surface area contributed by atoms with Crippen molar-refractivity contribution in [3.63, 3.8) is 0 Å². The molecule has 9 aromatic carbocycles. The molecule has 10 aromatic rings. The van der Waals surface area contributed by atoms with Gasteiger partial charge in [0.15, 0.2) is 0 Å². The summed E-state index contributed by atoms with van der Waals surface area (Å²) in [6.07, 6.45) is 3.76. The molecule has 0 aliphatic rings. The van der Waals surface area contributed by atoms with Crippen LogP contribution >= 0.6 is 0 Å². The van der Waals surface area contributed by atoms with Crippen LogP contribution in [0.3, 0.4) is 0 Å². The maximum atomic E-state index is 3.52. The first-order valence-electron chi connectivity index (χ1n) is 24.3. The van der Waals surface area contributed by atoms with Crippen LogP contribution in [0.2, 0.25) is 0 Å². The lowest BCUT2D eigenvalue weighted by molar-refractivity contribution is 1.18. The van der Waals surface area contributed by atoms with Crippen molar-refractivity contribution in [3.05, 3.63) is 248 Å². The summed E-state index contributed by atoms with van der Waals surface area (Å²) in [6.45, 7) is 21.7. The van der Waals surface area contributed by atoms with Gasteiger partial charge in [-0.05, 0) is 126 Å². The third kappa shape index (κ3) is 13.0. The first kappa shape index (κ1) is 51.3. The normalized spacial score (nSPS) is 9.97. The van der Waals surface area contributed by atoms with Crippen molar-refractivity contribution in [1.82, 2.24) is 4.57 Å². The minimum atomic E-state index is 1.16. The van der Waals surface area contributed by atoms with E-state index in [0.29, 0.717) is 0 Å². The van der Waals surface area contributed by atoms with E-state index in [-0.39, 0.29) is 0 Å². The van der Waals surface area contributed by atoms with Gasteiger partial charge in [-0.15, -0.1) is 0 Å². The molecule has 1 aromatic heterocycles. The molecule has 0 atom stereocenters. The maximum Gasteiger partial charge on any atom is 0.0547 e. The Morgan fingerprint density at radius 2 is 0.838 bits per heavy atom. The summed E-state index contributed by atoms with van der Waals surface area (Å²) in [7, 11) is 2.11. The maximum absolute atomic E-state index is 3.52. The van der Waals surface area contributed by atoms with Crippen LogP contribution in [0.4, 0.5) is 11.4 Å². The van der Waals surface area contributed by atoms with Crippen LogP contribution in [0.1, 0.15) is 61.0 Å². The zero-order valence-electron chi connectivity index (χ0n) is 42.0. The predicted molar refractivity (Wildman–Crippen MR) is 304 cm³/mol. The minimum absolute atomic E-state index is 1.16. The van der Waals surface area contributed by atoms with Crippen molar-refractivity contribution in [2.45, 2.75) is 62.3 Å². The number of para-hydroxylation sites is 1. The van der Waals surface area contributed by atoms with Gasteiger partial charge in [0.2, 0.25) is 0 Å².